The van der Waals surface area contributed by atoms with Crippen LogP contribution < -0.4 is 15.3 Å². The van der Waals surface area contributed by atoms with E-state index < -0.39 is 13.5 Å². The van der Waals surface area contributed by atoms with Gasteiger partial charge in [0.05, 0.1) is 5.41 Å². The SMILES string of the molecule is CC1(C)c2ccccc2-c2ccc(N(c3ccccc3)c3ccc4c(c3)[Si](C)(C)c3ccccc3C43c4ccccc4-c4cccc5cccc3c45)cc21. The van der Waals surface area contributed by atoms with E-state index in [1.54, 1.807) is 0 Å². The molecule has 0 bridgehead atoms. The summed E-state index contributed by atoms with van der Waals surface area (Å²) in [4.78, 5) is 2.49. The van der Waals surface area contributed by atoms with Crippen LogP contribution in [0.1, 0.15) is 47.2 Å². The van der Waals surface area contributed by atoms with Crippen LogP contribution in [0.25, 0.3) is 33.0 Å². The lowest BCUT2D eigenvalue weighted by atomic mass is 9.59. The van der Waals surface area contributed by atoms with Gasteiger partial charge in [-0.1, -0.05) is 166 Å². The van der Waals surface area contributed by atoms with Gasteiger partial charge >= 0.3 is 0 Å². The van der Waals surface area contributed by atoms with Crippen molar-refractivity contribution in [3.05, 3.63) is 209 Å². The number of fused-ring (bicyclic) bond motifs is 11. The van der Waals surface area contributed by atoms with Crippen molar-refractivity contribution >= 4 is 46.3 Å². The molecule has 1 heterocycles. The smallest absolute Gasteiger partial charge is 0.113 e. The van der Waals surface area contributed by atoms with Crippen molar-refractivity contribution in [2.75, 3.05) is 4.90 Å². The zero-order valence-electron chi connectivity index (χ0n) is 31.2. The molecule has 8 aromatic carbocycles. The highest BCUT2D eigenvalue weighted by Gasteiger charge is 2.52. The van der Waals surface area contributed by atoms with Crippen molar-refractivity contribution in [3.8, 4) is 22.3 Å². The highest BCUT2D eigenvalue weighted by molar-refractivity contribution is 7.01. The van der Waals surface area contributed by atoms with Crippen molar-refractivity contribution in [1.29, 1.82) is 0 Å². The van der Waals surface area contributed by atoms with E-state index in [2.05, 4.69) is 208 Å². The largest absolute Gasteiger partial charge is 0.310 e. The van der Waals surface area contributed by atoms with Crippen LogP contribution in [0, 0.1) is 0 Å². The molecular weight excluding hydrogens is 667 g/mol. The van der Waals surface area contributed by atoms with Crippen molar-refractivity contribution in [1.82, 2.24) is 0 Å². The van der Waals surface area contributed by atoms with E-state index in [0.717, 1.165) is 5.69 Å². The summed E-state index contributed by atoms with van der Waals surface area (Å²) in [5.41, 5.74) is 16.8. The first-order valence-corrected chi connectivity index (χ1v) is 22.3. The Kier molecular flexibility index (Phi) is 6.45. The molecule has 0 fully saturated rings. The van der Waals surface area contributed by atoms with Crippen molar-refractivity contribution in [3.63, 3.8) is 0 Å². The molecule has 1 spiro atoms. The van der Waals surface area contributed by atoms with E-state index in [9.17, 15) is 0 Å². The van der Waals surface area contributed by atoms with Crippen LogP contribution in [0.4, 0.5) is 17.1 Å². The van der Waals surface area contributed by atoms with Crippen LogP contribution in [-0.4, -0.2) is 8.07 Å². The molecule has 2 aliphatic carbocycles. The first kappa shape index (κ1) is 31.6. The Balaban J connectivity index is 1.20. The molecule has 1 unspecified atom stereocenters. The fourth-order valence-corrected chi connectivity index (χ4v) is 13.9. The monoisotopic (exact) mass is 707 g/mol. The molecule has 3 aliphatic rings. The van der Waals surface area contributed by atoms with Gasteiger partial charge in [0.25, 0.3) is 0 Å². The van der Waals surface area contributed by atoms with Gasteiger partial charge in [0.2, 0.25) is 0 Å². The Morgan fingerprint density at radius 1 is 0.389 bits per heavy atom. The molecule has 1 nitrogen and oxygen atoms in total. The van der Waals surface area contributed by atoms with Crippen molar-refractivity contribution in [2.45, 2.75) is 37.8 Å². The lowest BCUT2D eigenvalue weighted by molar-refractivity contribution is 0.660. The topological polar surface area (TPSA) is 3.24 Å². The van der Waals surface area contributed by atoms with Gasteiger partial charge in [-0.15, -0.1) is 0 Å². The maximum Gasteiger partial charge on any atom is 0.113 e. The van der Waals surface area contributed by atoms with Gasteiger partial charge in [-0.25, -0.2) is 0 Å². The van der Waals surface area contributed by atoms with Gasteiger partial charge in [0.15, 0.2) is 0 Å². The second-order valence-electron chi connectivity index (χ2n) is 16.5. The first-order valence-electron chi connectivity index (χ1n) is 19.3. The maximum absolute atomic E-state index is 2.57. The average Bonchev–Trinajstić information content (AvgIpc) is 3.44. The fraction of sp³-hybridized carbons (Fsp3) is 0.115. The second kappa shape index (κ2) is 11.0. The predicted molar refractivity (Wildman–Crippen MR) is 230 cm³/mol. The molecule has 11 rings (SSSR count). The molecule has 8 aromatic rings. The highest BCUT2D eigenvalue weighted by Crippen LogP contribution is 2.57. The van der Waals surface area contributed by atoms with Gasteiger partial charge in [0, 0.05) is 22.5 Å². The molecule has 0 aromatic heterocycles. The van der Waals surface area contributed by atoms with Crippen molar-refractivity contribution in [2.24, 2.45) is 0 Å². The molecule has 2 heteroatoms. The minimum absolute atomic E-state index is 0.0865. The summed E-state index contributed by atoms with van der Waals surface area (Å²) in [5, 5.41) is 5.69. The van der Waals surface area contributed by atoms with E-state index in [0.29, 0.717) is 0 Å². The molecule has 1 aliphatic heterocycles. The van der Waals surface area contributed by atoms with E-state index in [4.69, 9.17) is 0 Å². The van der Waals surface area contributed by atoms with Crippen LogP contribution >= 0.6 is 0 Å². The number of benzene rings is 8. The van der Waals surface area contributed by atoms with Crippen LogP contribution in [-0.2, 0) is 10.8 Å². The maximum atomic E-state index is 2.57. The van der Waals surface area contributed by atoms with E-state index in [1.807, 2.05) is 0 Å². The Bertz CT molecular complexity index is 2840. The normalized spacial score (nSPS) is 17.6. The number of anilines is 3. The summed E-state index contributed by atoms with van der Waals surface area (Å²) in [6.07, 6.45) is 0. The van der Waals surface area contributed by atoms with E-state index in [1.165, 1.54) is 88.2 Å². The van der Waals surface area contributed by atoms with E-state index >= 15 is 0 Å². The van der Waals surface area contributed by atoms with Gasteiger partial charge in [-0.3, -0.25) is 0 Å². The Morgan fingerprint density at radius 3 is 1.74 bits per heavy atom. The molecule has 0 radical (unpaired) electrons. The third-order valence-electron chi connectivity index (χ3n) is 13.1. The van der Waals surface area contributed by atoms with Gasteiger partial charge < -0.3 is 4.90 Å². The van der Waals surface area contributed by atoms with Crippen LogP contribution in [0.2, 0.25) is 13.1 Å². The second-order valence-corrected chi connectivity index (χ2v) is 20.8. The van der Waals surface area contributed by atoms with Gasteiger partial charge in [0.1, 0.15) is 8.07 Å². The van der Waals surface area contributed by atoms with Crippen molar-refractivity contribution < 1.29 is 0 Å². The predicted octanol–water partition coefficient (Wildman–Crippen LogP) is 12.1. The molecule has 54 heavy (non-hydrogen) atoms. The highest BCUT2D eigenvalue weighted by atomic mass is 28.3. The number of hydrogen-bond acceptors (Lipinski definition) is 1. The van der Waals surface area contributed by atoms with Crippen LogP contribution in [0.15, 0.2) is 176 Å². The third-order valence-corrected chi connectivity index (χ3v) is 16.7. The minimum atomic E-state index is -2.23. The zero-order valence-corrected chi connectivity index (χ0v) is 32.2. The number of hydrogen-bond donors (Lipinski definition) is 0. The molecule has 1 atom stereocenters. The Morgan fingerprint density at radius 2 is 0.944 bits per heavy atom. The summed E-state index contributed by atoms with van der Waals surface area (Å²) in [7, 11) is -2.23. The zero-order chi connectivity index (χ0) is 36.4. The minimum Gasteiger partial charge on any atom is -0.310 e. The van der Waals surface area contributed by atoms with Crippen LogP contribution in [0.3, 0.4) is 0 Å². The molecule has 258 valence electrons. The van der Waals surface area contributed by atoms with Crippen LogP contribution in [0.5, 0.6) is 0 Å². The summed E-state index contributed by atoms with van der Waals surface area (Å²) in [6.45, 7) is 9.87. The number of rotatable bonds is 3. The number of para-hydroxylation sites is 1. The summed E-state index contributed by atoms with van der Waals surface area (Å²) in [5.74, 6) is 0. The molecule has 0 N–H and O–H groups in total. The third kappa shape index (κ3) is 3.99. The Hall–Kier alpha value is -5.96. The lowest BCUT2D eigenvalue weighted by Gasteiger charge is -2.50. The molecule has 0 saturated carbocycles. The number of nitrogens with zero attached hydrogens (tertiary/aromatic N) is 1. The van der Waals surface area contributed by atoms with E-state index in [-0.39, 0.29) is 5.41 Å². The van der Waals surface area contributed by atoms with Gasteiger partial charge in [-0.2, -0.15) is 0 Å². The Labute approximate surface area is 319 Å². The molecular formula is C52H41NSi. The molecule has 0 amide bonds. The lowest BCUT2D eigenvalue weighted by Crippen LogP contribution is -2.63. The first-order chi connectivity index (χ1) is 26.3. The quantitative estimate of drug-likeness (QED) is 0.165. The average molecular weight is 708 g/mol. The van der Waals surface area contributed by atoms with Gasteiger partial charge in [-0.05, 0) is 113 Å². The summed E-state index contributed by atoms with van der Waals surface area (Å²) < 4.78 is 0. The molecule has 0 saturated heterocycles. The summed E-state index contributed by atoms with van der Waals surface area (Å²) >= 11 is 0. The standard InChI is InChI=1S/C52H41NSi/c1-51(2)42-23-10-8-20-38(42)40-30-28-36(32-47(40)51)53(35-18-6-5-7-19-35)37-29-31-45-49(33-37)54(3,4)48-27-13-12-25-44(48)52(45)43-24-11-9-21-39(43)41-22-14-16-34-17-15-26-46(52)50(34)41/h5-33H,1-4H3. The summed E-state index contributed by atoms with van der Waals surface area (Å²) in [6, 6.07) is 66.9. The fourth-order valence-electron chi connectivity index (χ4n) is 10.7.